The number of amides is 1. The summed E-state index contributed by atoms with van der Waals surface area (Å²) in [5.41, 5.74) is 1.08. The molecule has 1 heterocycles. The van der Waals surface area contributed by atoms with Gasteiger partial charge in [-0.1, -0.05) is 19.9 Å². The maximum atomic E-state index is 12.0. The number of rotatable bonds is 5. The van der Waals surface area contributed by atoms with Crippen molar-refractivity contribution in [3.63, 3.8) is 0 Å². The van der Waals surface area contributed by atoms with Gasteiger partial charge < -0.3 is 14.4 Å². The van der Waals surface area contributed by atoms with E-state index in [1.54, 1.807) is 26.0 Å². The zero-order chi connectivity index (χ0) is 14.7. The van der Waals surface area contributed by atoms with Crippen LogP contribution in [0.5, 0.6) is 11.5 Å². The molecule has 1 unspecified atom stereocenters. The van der Waals surface area contributed by atoms with Crippen molar-refractivity contribution in [2.45, 2.75) is 19.2 Å². The molecule has 1 atom stereocenters. The van der Waals surface area contributed by atoms with Crippen molar-refractivity contribution in [3.05, 3.63) is 23.8 Å². The summed E-state index contributed by atoms with van der Waals surface area (Å²) < 4.78 is 10.6. The van der Waals surface area contributed by atoms with Gasteiger partial charge in [-0.2, -0.15) is 0 Å². The lowest BCUT2D eigenvalue weighted by atomic mass is 10.1. The predicted octanol–water partition coefficient (Wildman–Crippen LogP) is 2.93. The highest BCUT2D eigenvalue weighted by Gasteiger charge is 2.33. The van der Waals surface area contributed by atoms with Gasteiger partial charge in [0.2, 0.25) is 5.91 Å². The van der Waals surface area contributed by atoms with Crippen molar-refractivity contribution < 1.29 is 14.3 Å². The van der Waals surface area contributed by atoms with Crippen molar-refractivity contribution >= 4 is 17.7 Å². The lowest BCUT2D eigenvalue weighted by Crippen LogP contribution is -2.31. The summed E-state index contributed by atoms with van der Waals surface area (Å²) in [5.74, 6) is 2.63. The quantitative estimate of drug-likeness (QED) is 0.837. The van der Waals surface area contributed by atoms with E-state index in [-0.39, 0.29) is 11.3 Å². The van der Waals surface area contributed by atoms with E-state index in [0.717, 1.165) is 12.1 Å². The van der Waals surface area contributed by atoms with Gasteiger partial charge >= 0.3 is 0 Å². The van der Waals surface area contributed by atoms with E-state index in [9.17, 15) is 4.79 Å². The van der Waals surface area contributed by atoms with Gasteiger partial charge in [0.05, 0.1) is 20.0 Å². The van der Waals surface area contributed by atoms with Crippen LogP contribution in [0.25, 0.3) is 0 Å². The molecule has 20 heavy (non-hydrogen) atoms. The zero-order valence-corrected chi connectivity index (χ0v) is 13.2. The van der Waals surface area contributed by atoms with Crippen LogP contribution in [-0.2, 0) is 4.79 Å². The number of carbonyl (C=O) groups is 1. The second kappa shape index (κ2) is 6.39. The number of hydrogen-bond donors (Lipinski definition) is 0. The average molecular weight is 295 g/mol. The van der Waals surface area contributed by atoms with Crippen LogP contribution in [0.1, 0.15) is 24.8 Å². The molecule has 2 rings (SSSR count). The van der Waals surface area contributed by atoms with Crippen LogP contribution in [0.3, 0.4) is 0 Å². The fourth-order valence-corrected chi connectivity index (χ4v) is 3.52. The minimum Gasteiger partial charge on any atom is -0.493 e. The van der Waals surface area contributed by atoms with Gasteiger partial charge in [0.1, 0.15) is 5.37 Å². The summed E-state index contributed by atoms with van der Waals surface area (Å²) in [6.07, 6.45) is 0. The maximum Gasteiger partial charge on any atom is 0.233 e. The highest BCUT2D eigenvalue weighted by molar-refractivity contribution is 8.00. The Kier molecular flexibility index (Phi) is 4.81. The largest absolute Gasteiger partial charge is 0.493 e. The minimum absolute atomic E-state index is 0.0738. The van der Waals surface area contributed by atoms with Crippen molar-refractivity contribution in [1.29, 1.82) is 0 Å². The zero-order valence-electron chi connectivity index (χ0n) is 12.4. The molecule has 1 aliphatic rings. The maximum absolute atomic E-state index is 12.0. The van der Waals surface area contributed by atoms with Gasteiger partial charge in [0.15, 0.2) is 11.5 Å². The summed E-state index contributed by atoms with van der Waals surface area (Å²) in [4.78, 5) is 14.0. The molecule has 0 saturated carbocycles. The van der Waals surface area contributed by atoms with Crippen molar-refractivity contribution in [1.82, 2.24) is 4.90 Å². The van der Waals surface area contributed by atoms with E-state index < -0.39 is 0 Å². The molecule has 0 aromatic heterocycles. The number of carbonyl (C=O) groups excluding carboxylic acids is 1. The molecule has 1 saturated heterocycles. The Hall–Kier alpha value is -1.36. The first kappa shape index (κ1) is 15.0. The van der Waals surface area contributed by atoms with Crippen LogP contribution in [0.2, 0.25) is 0 Å². The minimum atomic E-state index is 0.0738. The molecule has 1 aromatic rings. The lowest BCUT2D eigenvalue weighted by molar-refractivity contribution is -0.128. The van der Waals surface area contributed by atoms with Gasteiger partial charge in [-0.25, -0.2) is 0 Å². The third-order valence-electron chi connectivity index (χ3n) is 3.22. The summed E-state index contributed by atoms with van der Waals surface area (Å²) >= 11 is 1.67. The molecule has 0 bridgehead atoms. The van der Waals surface area contributed by atoms with Gasteiger partial charge in [-0.15, -0.1) is 11.8 Å². The summed E-state index contributed by atoms with van der Waals surface area (Å²) in [6, 6.07) is 5.86. The van der Waals surface area contributed by atoms with E-state index in [2.05, 4.69) is 13.8 Å². The van der Waals surface area contributed by atoms with E-state index in [1.807, 2.05) is 23.1 Å². The Bertz CT molecular complexity index is 490. The van der Waals surface area contributed by atoms with Crippen molar-refractivity contribution in [2.75, 3.05) is 26.5 Å². The molecule has 1 aliphatic heterocycles. The molecular weight excluding hydrogens is 274 g/mol. The van der Waals surface area contributed by atoms with E-state index in [4.69, 9.17) is 9.47 Å². The molecule has 1 amide bonds. The Labute approximate surface area is 124 Å². The number of benzene rings is 1. The smallest absolute Gasteiger partial charge is 0.233 e. The highest BCUT2D eigenvalue weighted by Crippen LogP contribution is 2.41. The molecule has 4 nitrogen and oxygen atoms in total. The SMILES string of the molecule is COc1ccc(C2SCC(=O)N2CC(C)C)cc1OC. The van der Waals surface area contributed by atoms with Crippen LogP contribution in [0.15, 0.2) is 18.2 Å². The first-order valence-electron chi connectivity index (χ1n) is 6.69. The third-order valence-corrected chi connectivity index (χ3v) is 4.48. The molecular formula is C15H21NO3S. The van der Waals surface area contributed by atoms with Crippen molar-refractivity contribution in [2.24, 2.45) is 5.92 Å². The second-order valence-electron chi connectivity index (χ2n) is 5.22. The van der Waals surface area contributed by atoms with Crippen LogP contribution in [0.4, 0.5) is 0 Å². The molecule has 1 fully saturated rings. The van der Waals surface area contributed by atoms with E-state index in [1.165, 1.54) is 0 Å². The van der Waals surface area contributed by atoms with Gasteiger partial charge in [0, 0.05) is 6.54 Å². The molecule has 1 aromatic carbocycles. The summed E-state index contributed by atoms with van der Waals surface area (Å²) in [7, 11) is 3.25. The fraction of sp³-hybridized carbons (Fsp3) is 0.533. The van der Waals surface area contributed by atoms with Crippen molar-refractivity contribution in [3.8, 4) is 11.5 Å². The Morgan fingerprint density at radius 3 is 2.60 bits per heavy atom. The normalized spacial score (nSPS) is 18.8. The molecule has 110 valence electrons. The van der Waals surface area contributed by atoms with E-state index in [0.29, 0.717) is 23.2 Å². The Morgan fingerprint density at radius 1 is 1.30 bits per heavy atom. The average Bonchev–Trinajstić information content (AvgIpc) is 2.79. The van der Waals surface area contributed by atoms with Crippen LogP contribution < -0.4 is 9.47 Å². The first-order chi connectivity index (χ1) is 9.56. The monoisotopic (exact) mass is 295 g/mol. The number of nitrogens with zero attached hydrogens (tertiary/aromatic N) is 1. The van der Waals surface area contributed by atoms with Crippen LogP contribution in [-0.4, -0.2) is 37.3 Å². The fourth-order valence-electron chi connectivity index (χ4n) is 2.33. The van der Waals surface area contributed by atoms with Gasteiger partial charge in [-0.05, 0) is 23.6 Å². The summed E-state index contributed by atoms with van der Waals surface area (Å²) in [5, 5.41) is 0.0738. The highest BCUT2D eigenvalue weighted by atomic mass is 32.2. The molecule has 0 aliphatic carbocycles. The lowest BCUT2D eigenvalue weighted by Gasteiger charge is -2.26. The second-order valence-corrected chi connectivity index (χ2v) is 6.29. The third kappa shape index (κ3) is 3.03. The Morgan fingerprint density at radius 2 is 2.00 bits per heavy atom. The number of hydrogen-bond acceptors (Lipinski definition) is 4. The number of methoxy groups -OCH3 is 2. The standard InChI is InChI=1S/C15H21NO3S/c1-10(2)8-16-14(17)9-20-15(16)11-5-6-12(18-3)13(7-11)19-4/h5-7,10,15H,8-9H2,1-4H3. The van der Waals surface area contributed by atoms with Gasteiger partial charge in [-0.3, -0.25) is 4.79 Å². The predicted molar refractivity (Wildman–Crippen MR) is 81.3 cm³/mol. The summed E-state index contributed by atoms with van der Waals surface area (Å²) in [6.45, 7) is 5.04. The number of ether oxygens (including phenoxy) is 2. The van der Waals surface area contributed by atoms with E-state index >= 15 is 0 Å². The van der Waals surface area contributed by atoms with Crippen LogP contribution >= 0.6 is 11.8 Å². The molecule has 0 spiro atoms. The number of thioether (sulfide) groups is 1. The van der Waals surface area contributed by atoms with Gasteiger partial charge in [0.25, 0.3) is 0 Å². The molecule has 5 heteroatoms. The molecule has 0 radical (unpaired) electrons. The molecule has 0 N–H and O–H groups in total. The van der Waals surface area contributed by atoms with Crippen LogP contribution in [0, 0.1) is 5.92 Å². The Balaban J connectivity index is 2.27. The topological polar surface area (TPSA) is 38.8 Å². The first-order valence-corrected chi connectivity index (χ1v) is 7.74.